The molecule has 1 atom stereocenters. The molecular formula is C12H16N2O3. The summed E-state index contributed by atoms with van der Waals surface area (Å²) < 4.78 is 10.5. The number of carbonyl (C=O) groups is 1. The van der Waals surface area contributed by atoms with E-state index in [0.717, 1.165) is 0 Å². The van der Waals surface area contributed by atoms with Crippen LogP contribution in [0.2, 0.25) is 0 Å². The number of hydrogen-bond acceptors (Lipinski definition) is 4. The number of carbonyl (C=O) groups excluding carboxylic acids is 1. The molecule has 1 aromatic carbocycles. The second-order valence-electron chi connectivity index (χ2n) is 4.07. The van der Waals surface area contributed by atoms with Crippen LogP contribution in [0.3, 0.4) is 0 Å². The quantitative estimate of drug-likeness (QED) is 0.796. The molecule has 1 aliphatic rings. The lowest BCUT2D eigenvalue weighted by Gasteiger charge is -2.31. The first-order valence-electron chi connectivity index (χ1n) is 5.47. The molecule has 0 spiro atoms. The molecule has 0 aromatic heterocycles. The summed E-state index contributed by atoms with van der Waals surface area (Å²) in [5, 5.41) is 0. The number of ether oxygens (including phenoxy) is 2. The molecule has 1 aliphatic heterocycles. The van der Waals surface area contributed by atoms with Crippen molar-refractivity contribution in [1.29, 1.82) is 0 Å². The Bertz CT molecular complexity index is 434. The molecule has 1 aromatic rings. The zero-order valence-electron chi connectivity index (χ0n) is 9.97. The van der Waals surface area contributed by atoms with Gasteiger partial charge in [0.25, 0.3) is 5.91 Å². The SMILES string of the molecule is COC(C)CN1C(=O)COc2ccc(N)cc21. The molecule has 0 bridgehead atoms. The first kappa shape index (κ1) is 11.7. The van der Waals surface area contributed by atoms with Crippen LogP contribution in [-0.4, -0.2) is 32.3 Å². The van der Waals surface area contributed by atoms with Crippen LogP contribution in [0.1, 0.15) is 6.92 Å². The van der Waals surface area contributed by atoms with Gasteiger partial charge in [0.2, 0.25) is 0 Å². The summed E-state index contributed by atoms with van der Waals surface area (Å²) in [6.45, 7) is 2.47. The standard InChI is InChI=1S/C12H16N2O3/c1-8(16-2)6-14-10-5-9(13)3-4-11(10)17-7-12(14)15/h3-5,8H,6-7,13H2,1-2H3. The third kappa shape index (κ3) is 2.34. The molecule has 0 saturated heterocycles. The number of amides is 1. The van der Waals surface area contributed by atoms with Crippen LogP contribution in [0.25, 0.3) is 0 Å². The molecule has 0 saturated carbocycles. The first-order valence-corrected chi connectivity index (χ1v) is 5.47. The van der Waals surface area contributed by atoms with Gasteiger partial charge in [-0.25, -0.2) is 0 Å². The van der Waals surface area contributed by atoms with Crippen LogP contribution >= 0.6 is 0 Å². The Morgan fingerprint density at radius 3 is 3.06 bits per heavy atom. The van der Waals surface area contributed by atoms with Crippen LogP contribution in [0.15, 0.2) is 18.2 Å². The van der Waals surface area contributed by atoms with Gasteiger partial charge in [-0.1, -0.05) is 0 Å². The van der Waals surface area contributed by atoms with E-state index in [4.69, 9.17) is 15.2 Å². The second kappa shape index (κ2) is 4.63. The Morgan fingerprint density at radius 1 is 1.59 bits per heavy atom. The normalized spacial score (nSPS) is 16.4. The molecule has 5 heteroatoms. The van der Waals surface area contributed by atoms with Gasteiger partial charge in [-0.3, -0.25) is 4.79 Å². The highest BCUT2D eigenvalue weighted by molar-refractivity contribution is 5.98. The number of nitrogens with two attached hydrogens (primary N) is 1. The van der Waals surface area contributed by atoms with Gasteiger partial charge in [-0.15, -0.1) is 0 Å². The lowest BCUT2D eigenvalue weighted by molar-refractivity contribution is -0.121. The highest BCUT2D eigenvalue weighted by Crippen LogP contribution is 2.33. The van der Waals surface area contributed by atoms with E-state index in [-0.39, 0.29) is 18.6 Å². The van der Waals surface area contributed by atoms with E-state index in [0.29, 0.717) is 23.7 Å². The minimum Gasteiger partial charge on any atom is -0.482 e. The molecule has 0 aliphatic carbocycles. The van der Waals surface area contributed by atoms with Gasteiger partial charge in [0.15, 0.2) is 6.61 Å². The van der Waals surface area contributed by atoms with E-state index >= 15 is 0 Å². The Labute approximate surface area is 100 Å². The molecule has 5 nitrogen and oxygen atoms in total. The van der Waals surface area contributed by atoms with Gasteiger partial charge < -0.3 is 20.1 Å². The highest BCUT2D eigenvalue weighted by Gasteiger charge is 2.26. The van der Waals surface area contributed by atoms with Gasteiger partial charge in [0.05, 0.1) is 18.3 Å². The van der Waals surface area contributed by atoms with Crippen LogP contribution in [0.4, 0.5) is 11.4 Å². The van der Waals surface area contributed by atoms with Gasteiger partial charge in [0, 0.05) is 12.8 Å². The second-order valence-corrected chi connectivity index (χ2v) is 4.07. The van der Waals surface area contributed by atoms with Gasteiger partial charge in [-0.05, 0) is 25.1 Å². The third-order valence-corrected chi connectivity index (χ3v) is 2.77. The fraction of sp³-hybridized carbons (Fsp3) is 0.417. The Kier molecular flexibility index (Phi) is 3.19. The average molecular weight is 236 g/mol. The van der Waals surface area contributed by atoms with E-state index in [1.165, 1.54) is 0 Å². The molecule has 92 valence electrons. The molecule has 1 unspecified atom stereocenters. The maximum atomic E-state index is 11.8. The molecule has 1 amide bonds. The van der Waals surface area contributed by atoms with Crippen molar-refractivity contribution in [1.82, 2.24) is 0 Å². The predicted molar refractivity (Wildman–Crippen MR) is 65.2 cm³/mol. The lowest BCUT2D eigenvalue weighted by atomic mass is 10.2. The zero-order valence-corrected chi connectivity index (χ0v) is 9.97. The van der Waals surface area contributed by atoms with E-state index in [2.05, 4.69) is 0 Å². The van der Waals surface area contributed by atoms with Crippen LogP contribution in [-0.2, 0) is 9.53 Å². The lowest BCUT2D eigenvalue weighted by Crippen LogP contribution is -2.43. The molecular weight excluding hydrogens is 220 g/mol. The van der Waals surface area contributed by atoms with Crippen molar-refractivity contribution >= 4 is 17.3 Å². The summed E-state index contributed by atoms with van der Waals surface area (Å²) in [5.74, 6) is 0.606. The fourth-order valence-electron chi connectivity index (χ4n) is 1.75. The fourth-order valence-corrected chi connectivity index (χ4v) is 1.75. The summed E-state index contributed by atoms with van der Waals surface area (Å²) in [4.78, 5) is 13.5. The number of nitrogen functional groups attached to an aromatic ring is 1. The molecule has 0 radical (unpaired) electrons. The average Bonchev–Trinajstić information content (AvgIpc) is 2.32. The molecule has 2 rings (SSSR count). The van der Waals surface area contributed by atoms with E-state index in [1.54, 1.807) is 30.2 Å². The molecule has 17 heavy (non-hydrogen) atoms. The predicted octanol–water partition coefficient (Wildman–Crippen LogP) is 1.03. The summed E-state index contributed by atoms with van der Waals surface area (Å²) in [7, 11) is 1.62. The van der Waals surface area contributed by atoms with Crippen molar-refractivity contribution in [2.75, 3.05) is 30.9 Å². The number of hydrogen-bond donors (Lipinski definition) is 1. The van der Waals surface area contributed by atoms with Crippen molar-refractivity contribution < 1.29 is 14.3 Å². The Hall–Kier alpha value is -1.75. The molecule has 1 heterocycles. The topological polar surface area (TPSA) is 64.8 Å². The van der Waals surface area contributed by atoms with Crippen LogP contribution in [0.5, 0.6) is 5.75 Å². The van der Waals surface area contributed by atoms with Crippen molar-refractivity contribution in [2.45, 2.75) is 13.0 Å². The number of methoxy groups -OCH3 is 1. The number of fused-ring (bicyclic) bond motifs is 1. The van der Waals surface area contributed by atoms with Crippen molar-refractivity contribution in [3.05, 3.63) is 18.2 Å². The first-order chi connectivity index (χ1) is 8.11. The molecule has 2 N–H and O–H groups in total. The maximum Gasteiger partial charge on any atom is 0.265 e. The summed E-state index contributed by atoms with van der Waals surface area (Å²) in [6.07, 6.45) is -0.0358. The Morgan fingerprint density at radius 2 is 2.35 bits per heavy atom. The summed E-state index contributed by atoms with van der Waals surface area (Å²) in [6, 6.07) is 5.28. The van der Waals surface area contributed by atoms with Crippen molar-refractivity contribution in [3.8, 4) is 5.75 Å². The van der Waals surface area contributed by atoms with Crippen LogP contribution in [0, 0.1) is 0 Å². The van der Waals surface area contributed by atoms with Crippen LogP contribution < -0.4 is 15.4 Å². The minimum absolute atomic E-state index is 0.0358. The smallest absolute Gasteiger partial charge is 0.265 e. The van der Waals surface area contributed by atoms with Crippen molar-refractivity contribution in [2.24, 2.45) is 0 Å². The van der Waals surface area contributed by atoms with Gasteiger partial charge in [-0.2, -0.15) is 0 Å². The van der Waals surface area contributed by atoms with Gasteiger partial charge in [0.1, 0.15) is 5.75 Å². The Balaban J connectivity index is 2.32. The van der Waals surface area contributed by atoms with E-state index in [9.17, 15) is 4.79 Å². The van der Waals surface area contributed by atoms with E-state index < -0.39 is 0 Å². The number of anilines is 2. The third-order valence-electron chi connectivity index (χ3n) is 2.77. The number of nitrogens with zero attached hydrogens (tertiary/aromatic N) is 1. The summed E-state index contributed by atoms with van der Waals surface area (Å²) in [5.41, 5.74) is 7.05. The molecule has 0 fully saturated rings. The zero-order chi connectivity index (χ0) is 12.4. The largest absolute Gasteiger partial charge is 0.482 e. The van der Waals surface area contributed by atoms with E-state index in [1.807, 2.05) is 6.92 Å². The monoisotopic (exact) mass is 236 g/mol. The summed E-state index contributed by atoms with van der Waals surface area (Å²) >= 11 is 0. The highest BCUT2D eigenvalue weighted by atomic mass is 16.5. The maximum absolute atomic E-state index is 11.8. The van der Waals surface area contributed by atoms with Gasteiger partial charge >= 0.3 is 0 Å². The van der Waals surface area contributed by atoms with Crippen molar-refractivity contribution in [3.63, 3.8) is 0 Å². The number of rotatable bonds is 3. The minimum atomic E-state index is -0.0769. The number of benzene rings is 1.